The van der Waals surface area contributed by atoms with Gasteiger partial charge in [0.05, 0.1) is 17.6 Å². The molecule has 0 saturated carbocycles. The largest absolute Gasteiger partial charge is 0.490 e. The van der Waals surface area contributed by atoms with E-state index in [1.54, 1.807) is 49.4 Å². The van der Waals surface area contributed by atoms with Crippen LogP contribution in [-0.4, -0.2) is 57.5 Å². The molecule has 0 saturated heterocycles. The number of benzene rings is 3. The summed E-state index contributed by atoms with van der Waals surface area (Å²) in [6.07, 6.45) is -5.44. The van der Waals surface area contributed by atoms with E-state index in [9.17, 15) is 36.0 Å². The summed E-state index contributed by atoms with van der Waals surface area (Å²) >= 11 is 0. The highest BCUT2D eigenvalue weighted by molar-refractivity contribution is 7.89. The number of alkyl halides is 3. The molecule has 0 radical (unpaired) electrons. The first-order chi connectivity index (χ1) is 22.5. The lowest BCUT2D eigenvalue weighted by Gasteiger charge is -2.22. The Bertz CT molecular complexity index is 1730. The van der Waals surface area contributed by atoms with Crippen molar-refractivity contribution >= 4 is 45.0 Å². The maximum Gasteiger partial charge on any atom is 0.490 e. The minimum absolute atomic E-state index is 0.0129. The number of esters is 1. The maximum absolute atomic E-state index is 13.5. The van der Waals surface area contributed by atoms with Crippen LogP contribution in [0, 0.1) is 5.41 Å². The molecule has 48 heavy (non-hydrogen) atoms. The zero-order valence-electron chi connectivity index (χ0n) is 25.8. The van der Waals surface area contributed by atoms with Crippen molar-refractivity contribution in [2.45, 2.75) is 44.0 Å². The number of carbonyl (C=O) groups excluding carboxylic acids is 3. The molecule has 1 atom stereocenters. The van der Waals surface area contributed by atoms with Crippen LogP contribution in [0.25, 0.3) is 0 Å². The van der Waals surface area contributed by atoms with E-state index in [1.165, 1.54) is 0 Å². The van der Waals surface area contributed by atoms with Gasteiger partial charge in [-0.15, -0.1) is 4.83 Å². The molecule has 18 heteroatoms. The van der Waals surface area contributed by atoms with Gasteiger partial charge in [-0.3, -0.25) is 20.4 Å². The average Bonchev–Trinajstić information content (AvgIpc) is 3.02. The van der Waals surface area contributed by atoms with Gasteiger partial charge in [0.1, 0.15) is 11.9 Å². The van der Waals surface area contributed by atoms with E-state index in [2.05, 4.69) is 20.8 Å². The fourth-order valence-electron chi connectivity index (χ4n) is 3.91. The number of hydrogen-bond donors (Lipinski definition) is 6. The highest BCUT2D eigenvalue weighted by atomic mass is 32.2. The van der Waals surface area contributed by atoms with Gasteiger partial charge >= 0.3 is 12.1 Å². The Morgan fingerprint density at radius 1 is 0.938 bits per heavy atom. The lowest BCUT2D eigenvalue weighted by molar-refractivity contribution is -0.199. The quantitative estimate of drug-likeness (QED) is 0.0591. The van der Waals surface area contributed by atoms with Crippen LogP contribution in [0.2, 0.25) is 0 Å². The fourth-order valence-corrected chi connectivity index (χ4v) is 4.76. The Kier molecular flexibility index (Phi) is 12.3. The molecule has 0 aliphatic carbocycles. The summed E-state index contributed by atoms with van der Waals surface area (Å²) in [5.41, 5.74) is 8.96. The van der Waals surface area contributed by atoms with Crippen LogP contribution in [0.1, 0.15) is 37.9 Å². The third-order valence-electron chi connectivity index (χ3n) is 6.06. The van der Waals surface area contributed by atoms with Crippen molar-refractivity contribution in [3.05, 3.63) is 77.9 Å². The average molecular weight is 695 g/mol. The van der Waals surface area contributed by atoms with Crippen LogP contribution in [0.5, 0.6) is 11.5 Å². The van der Waals surface area contributed by atoms with Crippen molar-refractivity contribution in [2.24, 2.45) is 5.73 Å². The minimum Gasteiger partial charge on any atom is -0.490 e. The zero-order valence-corrected chi connectivity index (χ0v) is 26.6. The van der Waals surface area contributed by atoms with Crippen molar-refractivity contribution in [1.29, 1.82) is 5.41 Å². The minimum atomic E-state index is -5.27. The van der Waals surface area contributed by atoms with Crippen molar-refractivity contribution in [3.63, 3.8) is 0 Å². The maximum atomic E-state index is 13.5. The van der Waals surface area contributed by atoms with Gasteiger partial charge in [-0.25, -0.2) is 13.2 Å². The first-order valence-corrected chi connectivity index (χ1v) is 15.6. The summed E-state index contributed by atoms with van der Waals surface area (Å²) < 4.78 is 78.1. The first-order valence-electron chi connectivity index (χ1n) is 14.1. The molecule has 7 N–H and O–H groups in total. The zero-order chi connectivity index (χ0) is 35.6. The molecule has 3 aromatic carbocycles. The number of anilines is 2. The Labute approximate surface area is 273 Å². The van der Waals surface area contributed by atoms with Crippen LogP contribution >= 0.6 is 0 Å². The summed E-state index contributed by atoms with van der Waals surface area (Å²) in [5, 5.41) is 12.8. The van der Waals surface area contributed by atoms with Crippen LogP contribution in [0.15, 0.2) is 71.6 Å². The molecule has 258 valence electrons. The molecule has 0 aliphatic rings. The number of hydrogen-bond acceptors (Lipinski definition) is 10. The van der Waals surface area contributed by atoms with Crippen LogP contribution in [0.3, 0.4) is 0 Å². The van der Waals surface area contributed by atoms with Gasteiger partial charge in [0, 0.05) is 16.9 Å². The third kappa shape index (κ3) is 10.6. The Morgan fingerprint density at radius 2 is 1.56 bits per heavy atom. The monoisotopic (exact) mass is 694 g/mol. The predicted molar refractivity (Wildman–Crippen MR) is 168 cm³/mol. The lowest BCUT2D eigenvalue weighted by Crippen LogP contribution is -2.45. The Morgan fingerprint density at radius 3 is 2.12 bits per heavy atom. The van der Waals surface area contributed by atoms with Gasteiger partial charge in [-0.2, -0.15) is 13.2 Å². The highest BCUT2D eigenvalue weighted by Crippen LogP contribution is 2.33. The standard InChI is InChI=1S/C30H33F3N6O8S/c1-4-45-24-15-19(7-14-23(24)47-17(2)3)26(37-21-8-5-18(6-9-21)27(34)35)28(41)38-39-48(43,44)22-12-10-20(11-13-22)36-25(40)16-46-29(42)30(31,32)33/h5-15,17,26,37,39H,4,16H2,1-3H3,(H3,34,35)(H,36,40)(H,38,41). The first kappa shape index (κ1) is 37.1. The molecular weight excluding hydrogens is 661 g/mol. The summed E-state index contributed by atoms with van der Waals surface area (Å²) in [6.45, 7) is 4.52. The number of amidine groups is 1. The lowest BCUT2D eigenvalue weighted by atomic mass is 10.0. The molecule has 0 spiro atoms. The summed E-state index contributed by atoms with van der Waals surface area (Å²) in [6, 6.07) is 14.3. The van der Waals surface area contributed by atoms with Gasteiger partial charge in [0.25, 0.3) is 21.8 Å². The molecule has 0 bridgehead atoms. The molecule has 1 unspecified atom stereocenters. The smallest absolute Gasteiger partial charge is 0.490 e. The predicted octanol–water partition coefficient (Wildman–Crippen LogP) is 3.36. The number of rotatable bonds is 15. The van der Waals surface area contributed by atoms with Crippen molar-refractivity contribution in [3.8, 4) is 11.5 Å². The number of nitrogen functional groups attached to an aromatic ring is 1. The van der Waals surface area contributed by atoms with E-state index in [0.717, 1.165) is 24.3 Å². The number of hydrazine groups is 1. The number of nitrogens with two attached hydrogens (primary N) is 1. The fraction of sp³-hybridized carbons (Fsp3) is 0.267. The Hall–Kier alpha value is -5.36. The van der Waals surface area contributed by atoms with Crippen LogP contribution < -0.4 is 36.1 Å². The molecule has 0 aliphatic heterocycles. The number of sulfonamides is 1. The summed E-state index contributed by atoms with van der Waals surface area (Å²) in [5.74, 6) is -3.84. The van der Waals surface area contributed by atoms with E-state index in [-0.39, 0.29) is 22.5 Å². The van der Waals surface area contributed by atoms with E-state index < -0.39 is 46.6 Å². The molecule has 0 heterocycles. The number of halogens is 3. The SMILES string of the molecule is CCOc1cc(C(Nc2ccc(C(=N)N)cc2)C(=O)NNS(=O)(=O)c2ccc(NC(=O)COC(=O)C(F)(F)F)cc2)ccc1OC(C)C. The molecule has 3 rings (SSSR count). The highest BCUT2D eigenvalue weighted by Gasteiger charge is 2.41. The van der Waals surface area contributed by atoms with Gasteiger partial charge in [0.2, 0.25) is 0 Å². The van der Waals surface area contributed by atoms with Crippen molar-refractivity contribution in [2.75, 3.05) is 23.8 Å². The topological polar surface area (TPSA) is 211 Å². The molecular formula is C30H33F3N6O8S. The Balaban J connectivity index is 1.78. The molecule has 0 fully saturated rings. The van der Waals surface area contributed by atoms with E-state index in [4.69, 9.17) is 20.6 Å². The van der Waals surface area contributed by atoms with E-state index >= 15 is 0 Å². The number of amides is 2. The van der Waals surface area contributed by atoms with Crippen LogP contribution in [0.4, 0.5) is 24.5 Å². The molecule has 2 amide bonds. The number of carbonyl (C=O) groups is 3. The van der Waals surface area contributed by atoms with Crippen molar-refractivity contribution < 1.29 is 50.2 Å². The molecule has 14 nitrogen and oxygen atoms in total. The van der Waals surface area contributed by atoms with Crippen LogP contribution in [-0.2, 0) is 29.1 Å². The summed E-state index contributed by atoms with van der Waals surface area (Å²) in [4.78, 5) is 37.7. The second-order valence-corrected chi connectivity index (χ2v) is 11.8. The van der Waals surface area contributed by atoms with Gasteiger partial charge in [-0.05, 0) is 87.0 Å². The summed E-state index contributed by atoms with van der Waals surface area (Å²) in [7, 11) is -4.38. The van der Waals surface area contributed by atoms with E-state index in [0.29, 0.717) is 34.9 Å². The van der Waals surface area contributed by atoms with Gasteiger partial charge in [-0.1, -0.05) is 6.07 Å². The number of nitrogens with one attached hydrogen (secondary N) is 5. The third-order valence-corrected chi connectivity index (χ3v) is 7.32. The second kappa shape index (κ2) is 16.0. The van der Waals surface area contributed by atoms with E-state index in [1.807, 2.05) is 18.7 Å². The van der Waals surface area contributed by atoms with Crippen molar-refractivity contribution in [1.82, 2.24) is 10.3 Å². The van der Waals surface area contributed by atoms with Gasteiger partial charge < -0.3 is 30.6 Å². The number of ether oxygens (including phenoxy) is 3. The van der Waals surface area contributed by atoms with Gasteiger partial charge in [0.15, 0.2) is 18.1 Å². The second-order valence-electron chi connectivity index (χ2n) is 10.1. The normalized spacial score (nSPS) is 12.1. The molecule has 0 aromatic heterocycles. The molecule has 3 aromatic rings.